The van der Waals surface area contributed by atoms with Crippen LogP contribution in [-0.2, 0) is 27.3 Å². The van der Waals surface area contributed by atoms with Crippen LogP contribution in [0.2, 0.25) is 0 Å². The van der Waals surface area contributed by atoms with Crippen LogP contribution in [0.5, 0.6) is 0 Å². The minimum absolute atomic E-state index is 0.673. The first-order valence-corrected chi connectivity index (χ1v) is 16.5. The SMILES string of the molecule is CC(C)Cc1cc2c(-c3cc4ccccc4c4ccccc34)cccc2[cH-]1.[Cl][Zr][Cl]. The van der Waals surface area contributed by atoms with Crippen LogP contribution >= 0.6 is 17.0 Å². The summed E-state index contributed by atoms with van der Waals surface area (Å²) in [6, 6.07) is 31.3. The molecule has 0 saturated carbocycles. The number of halogens is 2. The number of rotatable bonds is 3. The zero-order valence-corrected chi connectivity index (χ0v) is 21.1. The summed E-state index contributed by atoms with van der Waals surface area (Å²) >= 11 is -0.826. The van der Waals surface area contributed by atoms with Crippen molar-refractivity contribution in [3.63, 3.8) is 0 Å². The Morgan fingerprint density at radius 3 is 2.13 bits per heavy atom. The summed E-state index contributed by atoms with van der Waals surface area (Å²) in [6.45, 7) is 4.57. The molecular weight excluding hydrogens is 486 g/mol. The van der Waals surface area contributed by atoms with Crippen LogP contribution in [0.15, 0.2) is 84.9 Å². The van der Waals surface area contributed by atoms with Crippen LogP contribution in [0, 0.1) is 5.92 Å². The molecule has 0 amide bonds. The Morgan fingerprint density at radius 2 is 1.40 bits per heavy atom. The van der Waals surface area contributed by atoms with E-state index in [0.717, 1.165) is 6.42 Å². The molecule has 0 spiro atoms. The normalized spacial score (nSPS) is 11.1. The molecule has 5 rings (SSSR count). The maximum atomic E-state index is 4.93. The Balaban J connectivity index is 0.000000687. The van der Waals surface area contributed by atoms with E-state index in [4.69, 9.17) is 17.0 Å². The Labute approximate surface area is 196 Å². The molecule has 5 aromatic carbocycles. The van der Waals surface area contributed by atoms with Gasteiger partial charge in [0.1, 0.15) is 0 Å². The summed E-state index contributed by atoms with van der Waals surface area (Å²) in [5, 5.41) is 8.00. The predicted molar refractivity (Wildman–Crippen MR) is 130 cm³/mol. The zero-order valence-electron chi connectivity index (χ0n) is 17.1. The summed E-state index contributed by atoms with van der Waals surface area (Å²) in [7, 11) is 9.87. The summed E-state index contributed by atoms with van der Waals surface area (Å²) in [5.41, 5.74) is 4.11. The van der Waals surface area contributed by atoms with E-state index in [0.29, 0.717) is 5.92 Å². The van der Waals surface area contributed by atoms with Gasteiger partial charge in [-0.1, -0.05) is 74.0 Å². The fourth-order valence-electron chi connectivity index (χ4n) is 4.40. The minimum atomic E-state index is -0.826. The van der Waals surface area contributed by atoms with Crippen LogP contribution in [-0.4, -0.2) is 0 Å². The quantitative estimate of drug-likeness (QED) is 0.168. The molecule has 0 radical (unpaired) electrons. The van der Waals surface area contributed by atoms with Gasteiger partial charge in [0, 0.05) is 0 Å². The van der Waals surface area contributed by atoms with Crippen molar-refractivity contribution in [2.45, 2.75) is 20.3 Å². The molecule has 30 heavy (non-hydrogen) atoms. The number of fused-ring (bicyclic) bond motifs is 4. The Morgan fingerprint density at radius 1 is 0.733 bits per heavy atom. The molecule has 0 aliphatic carbocycles. The van der Waals surface area contributed by atoms with Crippen molar-refractivity contribution in [3.05, 3.63) is 90.5 Å². The van der Waals surface area contributed by atoms with Crippen molar-refractivity contribution >= 4 is 49.3 Å². The monoisotopic (exact) mass is 507 g/mol. The van der Waals surface area contributed by atoms with E-state index in [2.05, 4.69) is 98.8 Å². The molecule has 0 aliphatic heterocycles. The molecule has 150 valence electrons. The second-order valence-electron chi connectivity index (χ2n) is 8.03. The third-order valence-corrected chi connectivity index (χ3v) is 5.51. The van der Waals surface area contributed by atoms with Gasteiger partial charge < -0.3 is 0 Å². The average molecular weight is 510 g/mol. The van der Waals surface area contributed by atoms with Gasteiger partial charge in [0.25, 0.3) is 0 Å². The fourth-order valence-corrected chi connectivity index (χ4v) is 4.40. The molecule has 0 bridgehead atoms. The molecule has 0 fully saturated rings. The Kier molecular flexibility index (Phi) is 7.04. The van der Waals surface area contributed by atoms with Gasteiger partial charge in [0.05, 0.1) is 0 Å². The van der Waals surface area contributed by atoms with Crippen LogP contribution < -0.4 is 0 Å². The molecule has 0 saturated heterocycles. The summed E-state index contributed by atoms with van der Waals surface area (Å²) in [5.74, 6) is 0.673. The number of hydrogen-bond donors (Lipinski definition) is 0. The summed E-state index contributed by atoms with van der Waals surface area (Å²) < 4.78 is 0. The molecule has 0 heterocycles. The zero-order chi connectivity index (χ0) is 21.1. The van der Waals surface area contributed by atoms with Gasteiger partial charge in [-0.25, -0.2) is 0 Å². The van der Waals surface area contributed by atoms with Gasteiger partial charge in [-0.3, -0.25) is 0 Å². The van der Waals surface area contributed by atoms with E-state index in [1.807, 2.05) is 0 Å². The van der Waals surface area contributed by atoms with E-state index in [1.54, 1.807) is 0 Å². The van der Waals surface area contributed by atoms with Crippen molar-refractivity contribution in [1.82, 2.24) is 0 Å². The molecule has 5 aromatic rings. The number of hydrogen-bond acceptors (Lipinski definition) is 0. The Bertz CT molecular complexity index is 1300. The van der Waals surface area contributed by atoms with E-state index in [1.165, 1.54) is 49.0 Å². The van der Waals surface area contributed by atoms with Crippen molar-refractivity contribution < 1.29 is 20.8 Å². The van der Waals surface area contributed by atoms with Gasteiger partial charge in [0.2, 0.25) is 0 Å². The van der Waals surface area contributed by atoms with Gasteiger partial charge in [-0.05, 0) is 45.5 Å². The summed E-state index contributed by atoms with van der Waals surface area (Å²) in [4.78, 5) is 0. The Hall–Kier alpha value is -1.53. The average Bonchev–Trinajstić information content (AvgIpc) is 3.15. The standard InChI is InChI=1S/C27H23.2ClH.Zr/c1-18(2)14-19-15-20-9-7-13-25(26(20)16-19)27-17-21-8-3-4-10-22(21)23-11-5-6-12-24(23)27;;;/h3-13,15-18H,14H2,1-2H3;2*1H;/q-1;;;+2/p-2. The second-order valence-corrected chi connectivity index (χ2v) is 11.8. The first kappa shape index (κ1) is 21.7. The van der Waals surface area contributed by atoms with Gasteiger partial charge in [-0.15, -0.1) is 34.5 Å². The van der Waals surface area contributed by atoms with Crippen LogP contribution in [0.1, 0.15) is 19.4 Å². The van der Waals surface area contributed by atoms with E-state index >= 15 is 0 Å². The first-order chi connectivity index (χ1) is 14.6. The maximum absolute atomic E-state index is 4.93. The van der Waals surface area contributed by atoms with E-state index < -0.39 is 20.8 Å². The fraction of sp³-hybridized carbons (Fsp3) is 0.148. The summed E-state index contributed by atoms with van der Waals surface area (Å²) in [6.07, 6.45) is 1.13. The van der Waals surface area contributed by atoms with Gasteiger partial charge in [0.15, 0.2) is 0 Å². The van der Waals surface area contributed by atoms with Crippen LogP contribution in [0.3, 0.4) is 0 Å². The predicted octanol–water partition coefficient (Wildman–Crippen LogP) is 9.11. The van der Waals surface area contributed by atoms with Crippen molar-refractivity contribution in [3.8, 4) is 11.1 Å². The second kappa shape index (κ2) is 9.73. The molecule has 0 aromatic heterocycles. The molecule has 0 atom stereocenters. The third-order valence-electron chi connectivity index (χ3n) is 5.51. The van der Waals surface area contributed by atoms with Crippen molar-refractivity contribution in [2.75, 3.05) is 0 Å². The number of benzene rings is 4. The molecule has 0 aliphatic rings. The molecule has 0 N–H and O–H groups in total. The van der Waals surface area contributed by atoms with E-state index in [-0.39, 0.29) is 0 Å². The molecular formula is C27H23Cl2Zr-. The topological polar surface area (TPSA) is 0 Å². The van der Waals surface area contributed by atoms with Crippen molar-refractivity contribution in [1.29, 1.82) is 0 Å². The van der Waals surface area contributed by atoms with Gasteiger partial charge >= 0.3 is 37.9 Å². The van der Waals surface area contributed by atoms with E-state index in [9.17, 15) is 0 Å². The van der Waals surface area contributed by atoms with Crippen LogP contribution in [0.4, 0.5) is 0 Å². The van der Waals surface area contributed by atoms with Crippen molar-refractivity contribution in [2.24, 2.45) is 5.92 Å². The molecule has 3 heteroatoms. The third kappa shape index (κ3) is 4.40. The molecule has 0 unspecified atom stereocenters. The van der Waals surface area contributed by atoms with Gasteiger partial charge in [-0.2, -0.15) is 6.07 Å². The first-order valence-electron chi connectivity index (χ1n) is 10.2. The molecule has 0 nitrogen and oxygen atoms in total. The van der Waals surface area contributed by atoms with Crippen LogP contribution in [0.25, 0.3) is 43.4 Å².